The lowest BCUT2D eigenvalue weighted by Gasteiger charge is -2.13. The number of benzene rings is 1. The average molecular weight is 305 g/mol. The van der Waals surface area contributed by atoms with Crippen LogP contribution in [0.5, 0.6) is 0 Å². The van der Waals surface area contributed by atoms with Crippen LogP contribution in [0.2, 0.25) is 0 Å². The van der Waals surface area contributed by atoms with Crippen molar-refractivity contribution in [3.05, 3.63) is 24.0 Å². The molecule has 0 bridgehead atoms. The molecule has 1 aliphatic heterocycles. The molecule has 1 atom stereocenters. The number of nitrogens with zero attached hydrogens (tertiary/aromatic N) is 2. The van der Waals surface area contributed by atoms with Crippen molar-refractivity contribution in [3.63, 3.8) is 0 Å². The second kappa shape index (κ2) is 5.97. The maximum Gasteiger partial charge on any atom is 0.224 e. The van der Waals surface area contributed by atoms with Gasteiger partial charge in [0.25, 0.3) is 0 Å². The molecule has 0 saturated heterocycles. The quantitative estimate of drug-likeness (QED) is 0.943. The number of carbonyl (C=O) groups is 1. The lowest BCUT2D eigenvalue weighted by atomic mass is 10.2. The van der Waals surface area contributed by atoms with Crippen molar-refractivity contribution in [2.45, 2.75) is 38.5 Å². The Hall–Kier alpha value is -1.69. The van der Waals surface area contributed by atoms with E-state index < -0.39 is 10.8 Å². The third-order valence-electron chi connectivity index (χ3n) is 3.70. The number of rotatable bonds is 4. The van der Waals surface area contributed by atoms with E-state index in [2.05, 4.69) is 21.8 Å². The molecule has 6 heteroatoms. The molecular formula is C15H19N3O2S. The number of aromatic nitrogens is 2. The van der Waals surface area contributed by atoms with Gasteiger partial charge in [-0.2, -0.15) is 0 Å². The Kier molecular flexibility index (Phi) is 4.05. The first-order chi connectivity index (χ1) is 10.2. The fraction of sp³-hybridized carbons (Fsp3) is 0.467. The van der Waals surface area contributed by atoms with Gasteiger partial charge in [-0.05, 0) is 24.6 Å². The molecule has 1 amide bonds. The third-order valence-corrected chi connectivity index (χ3v) is 4.92. The summed E-state index contributed by atoms with van der Waals surface area (Å²) in [6.07, 6.45) is 2.46. The van der Waals surface area contributed by atoms with Crippen LogP contribution < -0.4 is 5.32 Å². The highest BCUT2D eigenvalue weighted by molar-refractivity contribution is 7.84. The fourth-order valence-electron chi connectivity index (χ4n) is 2.59. The van der Waals surface area contributed by atoms with Crippen LogP contribution in [0.15, 0.2) is 18.2 Å². The molecule has 112 valence electrons. The van der Waals surface area contributed by atoms with Crippen LogP contribution in [-0.2, 0) is 27.9 Å². The molecule has 0 aliphatic carbocycles. The highest BCUT2D eigenvalue weighted by Gasteiger charge is 2.18. The molecule has 0 spiro atoms. The molecule has 3 rings (SSSR count). The summed E-state index contributed by atoms with van der Waals surface area (Å²) in [6.45, 7) is 2.82. The van der Waals surface area contributed by atoms with E-state index in [0.717, 1.165) is 41.9 Å². The van der Waals surface area contributed by atoms with Crippen molar-refractivity contribution in [1.82, 2.24) is 9.55 Å². The van der Waals surface area contributed by atoms with Gasteiger partial charge in [0.15, 0.2) is 0 Å². The predicted molar refractivity (Wildman–Crippen MR) is 84.6 cm³/mol. The van der Waals surface area contributed by atoms with Gasteiger partial charge in [-0.25, -0.2) is 4.98 Å². The number of anilines is 1. The molecule has 1 aromatic carbocycles. The second-order valence-corrected chi connectivity index (χ2v) is 6.90. The van der Waals surface area contributed by atoms with Crippen LogP contribution in [0.1, 0.15) is 32.0 Å². The summed E-state index contributed by atoms with van der Waals surface area (Å²) in [5.41, 5.74) is 2.69. The number of fused-ring (bicyclic) bond motifs is 3. The van der Waals surface area contributed by atoms with Crippen molar-refractivity contribution in [2.75, 3.05) is 11.1 Å². The second-order valence-electron chi connectivity index (χ2n) is 5.32. The summed E-state index contributed by atoms with van der Waals surface area (Å²) in [4.78, 5) is 16.3. The first-order valence-corrected chi connectivity index (χ1v) is 8.80. The molecule has 5 nitrogen and oxygen atoms in total. The first-order valence-electron chi connectivity index (χ1n) is 7.31. The Balaban J connectivity index is 1.84. The topological polar surface area (TPSA) is 64.0 Å². The van der Waals surface area contributed by atoms with E-state index in [0.29, 0.717) is 17.9 Å². The molecule has 21 heavy (non-hydrogen) atoms. The normalized spacial score (nSPS) is 17.7. The lowest BCUT2D eigenvalue weighted by Crippen LogP contribution is -2.19. The molecule has 1 aromatic heterocycles. The van der Waals surface area contributed by atoms with Gasteiger partial charge in [-0.3, -0.25) is 9.00 Å². The van der Waals surface area contributed by atoms with Gasteiger partial charge in [0, 0.05) is 35.2 Å². The maximum atomic E-state index is 11.8. The van der Waals surface area contributed by atoms with Gasteiger partial charge in [-0.1, -0.05) is 13.3 Å². The number of hydrogen-bond acceptors (Lipinski definition) is 3. The molecule has 1 aliphatic rings. The van der Waals surface area contributed by atoms with E-state index in [1.807, 2.05) is 18.2 Å². The predicted octanol–water partition coefficient (Wildman–Crippen LogP) is 2.43. The van der Waals surface area contributed by atoms with Gasteiger partial charge in [0.05, 0.1) is 16.8 Å². The van der Waals surface area contributed by atoms with Crippen LogP contribution in [-0.4, -0.2) is 25.4 Å². The van der Waals surface area contributed by atoms with Crippen LogP contribution in [0.3, 0.4) is 0 Å². The van der Waals surface area contributed by atoms with Crippen molar-refractivity contribution in [1.29, 1.82) is 0 Å². The van der Waals surface area contributed by atoms with E-state index in [-0.39, 0.29) is 5.91 Å². The number of hydrogen-bond donors (Lipinski definition) is 1. The minimum absolute atomic E-state index is 0.0428. The summed E-state index contributed by atoms with van der Waals surface area (Å²) in [5, 5.41) is 2.91. The van der Waals surface area contributed by atoms with Gasteiger partial charge < -0.3 is 9.88 Å². The smallest absolute Gasteiger partial charge is 0.224 e. The number of nitrogens with one attached hydrogen (secondary N) is 1. The lowest BCUT2D eigenvalue weighted by molar-refractivity contribution is -0.116. The molecule has 0 saturated carbocycles. The van der Waals surface area contributed by atoms with Gasteiger partial charge in [0.2, 0.25) is 5.91 Å². The van der Waals surface area contributed by atoms with Crippen molar-refractivity contribution in [2.24, 2.45) is 0 Å². The van der Waals surface area contributed by atoms with Crippen LogP contribution in [0, 0.1) is 0 Å². The maximum absolute atomic E-state index is 11.8. The Morgan fingerprint density at radius 1 is 1.48 bits per heavy atom. The Morgan fingerprint density at radius 2 is 2.33 bits per heavy atom. The molecule has 1 unspecified atom stereocenters. The summed E-state index contributed by atoms with van der Waals surface area (Å²) < 4.78 is 13.7. The molecule has 1 N–H and O–H groups in total. The molecular weight excluding hydrogens is 286 g/mol. The number of unbranched alkanes of at least 4 members (excludes halogenated alkanes) is 1. The zero-order valence-electron chi connectivity index (χ0n) is 12.1. The Labute approximate surface area is 126 Å². The van der Waals surface area contributed by atoms with E-state index >= 15 is 0 Å². The van der Waals surface area contributed by atoms with E-state index in [9.17, 15) is 9.00 Å². The highest BCUT2D eigenvalue weighted by Crippen LogP contribution is 2.23. The zero-order chi connectivity index (χ0) is 14.8. The number of amides is 1. The van der Waals surface area contributed by atoms with Crippen molar-refractivity contribution < 1.29 is 9.00 Å². The monoisotopic (exact) mass is 305 g/mol. The number of imidazole rings is 1. The first kappa shape index (κ1) is 14.3. The van der Waals surface area contributed by atoms with Crippen molar-refractivity contribution in [3.8, 4) is 0 Å². The Bertz CT molecular complexity index is 708. The average Bonchev–Trinajstić information content (AvgIpc) is 2.81. The van der Waals surface area contributed by atoms with Gasteiger partial charge in [0.1, 0.15) is 5.82 Å². The van der Waals surface area contributed by atoms with E-state index in [1.165, 1.54) is 0 Å². The molecule has 2 aromatic rings. The largest absolute Gasteiger partial charge is 0.326 e. The standard InChI is InChI=1S/C15H19N3O2S/c1-2-3-4-15(19)16-11-5-6-13-12(9-11)17-14-10-21(20)8-7-18(13)14/h5-6,9H,2-4,7-8,10H2,1H3,(H,16,19). The van der Waals surface area contributed by atoms with Gasteiger partial charge in [-0.15, -0.1) is 0 Å². The molecule has 0 fully saturated rings. The summed E-state index contributed by atoms with van der Waals surface area (Å²) in [6, 6.07) is 5.79. The van der Waals surface area contributed by atoms with E-state index in [4.69, 9.17) is 0 Å². The van der Waals surface area contributed by atoms with Crippen molar-refractivity contribution >= 4 is 33.4 Å². The zero-order valence-corrected chi connectivity index (χ0v) is 12.9. The third kappa shape index (κ3) is 3.00. The fourth-order valence-corrected chi connectivity index (χ4v) is 3.63. The SMILES string of the molecule is CCCCC(=O)Nc1ccc2c(c1)nc1n2CCS(=O)C1. The summed E-state index contributed by atoms with van der Waals surface area (Å²) in [7, 11) is -0.800. The summed E-state index contributed by atoms with van der Waals surface area (Å²) >= 11 is 0. The minimum Gasteiger partial charge on any atom is -0.326 e. The van der Waals surface area contributed by atoms with E-state index in [1.54, 1.807) is 0 Å². The highest BCUT2D eigenvalue weighted by atomic mass is 32.2. The molecule has 2 heterocycles. The Morgan fingerprint density at radius 3 is 3.14 bits per heavy atom. The van der Waals surface area contributed by atoms with Gasteiger partial charge >= 0.3 is 0 Å². The van der Waals surface area contributed by atoms with Crippen LogP contribution >= 0.6 is 0 Å². The van der Waals surface area contributed by atoms with Crippen LogP contribution in [0.4, 0.5) is 5.69 Å². The van der Waals surface area contributed by atoms with Crippen LogP contribution in [0.25, 0.3) is 11.0 Å². The number of carbonyl (C=O) groups excluding carboxylic acids is 1. The summed E-state index contributed by atoms with van der Waals surface area (Å²) in [5.74, 6) is 2.13. The number of aryl methyl sites for hydroxylation is 1. The minimum atomic E-state index is -0.800. The molecule has 0 radical (unpaired) electrons.